The molecule has 0 saturated carbocycles. The molecule has 0 fully saturated rings. The van der Waals surface area contributed by atoms with Crippen molar-refractivity contribution in [2.24, 2.45) is 0 Å². The minimum atomic E-state index is -3.33. The molecule has 3 N–H and O–H groups in total. The van der Waals surface area contributed by atoms with Gasteiger partial charge in [-0.3, -0.25) is 0 Å². The van der Waals surface area contributed by atoms with Gasteiger partial charge < -0.3 is 10.5 Å². The molecule has 0 aliphatic carbocycles. The molecule has 19 heavy (non-hydrogen) atoms. The molecule has 5 nitrogen and oxygen atoms in total. The Bertz CT molecular complexity index is 559. The molecule has 6 heteroatoms. The number of rotatable bonds is 7. The van der Waals surface area contributed by atoms with Crippen molar-refractivity contribution in [2.75, 3.05) is 24.6 Å². The number of nitrogens with one attached hydrogen (secondary N) is 1. The number of nitrogens with two attached hydrogens (primary N) is 1. The van der Waals surface area contributed by atoms with Crippen molar-refractivity contribution >= 4 is 15.7 Å². The lowest BCUT2D eigenvalue weighted by Gasteiger charge is -2.09. The number of anilines is 1. The molecule has 0 bridgehead atoms. The van der Waals surface area contributed by atoms with E-state index in [0.717, 1.165) is 0 Å². The van der Waals surface area contributed by atoms with Gasteiger partial charge in [0.1, 0.15) is 12.4 Å². The monoisotopic (exact) mass is 282 g/mol. The predicted octanol–water partition coefficient (Wildman–Crippen LogP) is 0.980. The quantitative estimate of drug-likeness (QED) is 0.444. The second-order valence-electron chi connectivity index (χ2n) is 3.78. The fourth-order valence-electron chi connectivity index (χ4n) is 1.34. The van der Waals surface area contributed by atoms with E-state index in [2.05, 4.69) is 16.6 Å². The Morgan fingerprint density at radius 2 is 2.11 bits per heavy atom. The summed E-state index contributed by atoms with van der Waals surface area (Å²) in [5.74, 6) is 5.87. The molecular formula is C13H18N2O3S. The van der Waals surface area contributed by atoms with Crippen molar-refractivity contribution in [1.82, 2.24) is 4.72 Å². The van der Waals surface area contributed by atoms with Crippen LogP contribution in [0.1, 0.15) is 13.3 Å². The first-order valence-electron chi connectivity index (χ1n) is 5.89. The molecule has 0 heterocycles. The molecule has 1 aromatic rings. The van der Waals surface area contributed by atoms with E-state index in [0.29, 0.717) is 24.4 Å². The van der Waals surface area contributed by atoms with Gasteiger partial charge in [-0.25, -0.2) is 13.1 Å². The zero-order valence-corrected chi connectivity index (χ0v) is 11.7. The van der Waals surface area contributed by atoms with Gasteiger partial charge in [-0.2, -0.15) is 0 Å². The first-order chi connectivity index (χ1) is 9.05. The molecule has 1 rings (SSSR count). The van der Waals surface area contributed by atoms with Crippen molar-refractivity contribution < 1.29 is 13.2 Å². The molecule has 0 radical (unpaired) electrons. The first kappa shape index (κ1) is 15.3. The van der Waals surface area contributed by atoms with Crippen molar-refractivity contribution in [3.63, 3.8) is 0 Å². The number of hydrogen-bond acceptors (Lipinski definition) is 4. The number of para-hydroxylation sites is 2. The Kier molecular flexibility index (Phi) is 6.19. The first-order valence-corrected chi connectivity index (χ1v) is 7.54. The zero-order valence-electron chi connectivity index (χ0n) is 10.8. The molecule has 0 aromatic heterocycles. The van der Waals surface area contributed by atoms with Gasteiger partial charge in [-0.1, -0.05) is 12.1 Å². The number of hydrogen-bond donors (Lipinski definition) is 2. The highest BCUT2D eigenvalue weighted by atomic mass is 32.2. The maximum atomic E-state index is 11.6. The van der Waals surface area contributed by atoms with E-state index in [1.165, 1.54) is 0 Å². The predicted molar refractivity (Wildman–Crippen MR) is 76.2 cm³/mol. The van der Waals surface area contributed by atoms with Crippen LogP contribution in [0, 0.1) is 11.8 Å². The van der Waals surface area contributed by atoms with Crippen LogP contribution in [-0.4, -0.2) is 27.3 Å². The third-order valence-electron chi connectivity index (χ3n) is 2.28. The maximum absolute atomic E-state index is 11.6. The van der Waals surface area contributed by atoms with Gasteiger partial charge in [0.25, 0.3) is 0 Å². The Morgan fingerprint density at radius 1 is 1.37 bits per heavy atom. The van der Waals surface area contributed by atoms with Crippen molar-refractivity contribution in [3.05, 3.63) is 24.3 Å². The van der Waals surface area contributed by atoms with Crippen LogP contribution in [0.15, 0.2) is 24.3 Å². The van der Waals surface area contributed by atoms with Crippen molar-refractivity contribution in [2.45, 2.75) is 13.3 Å². The third-order valence-corrected chi connectivity index (χ3v) is 3.63. The normalized spacial score (nSPS) is 10.6. The van der Waals surface area contributed by atoms with Crippen LogP contribution in [-0.2, 0) is 10.0 Å². The second-order valence-corrected chi connectivity index (χ2v) is 5.70. The maximum Gasteiger partial charge on any atom is 0.214 e. The molecule has 0 atom stereocenters. The smallest absolute Gasteiger partial charge is 0.214 e. The fourth-order valence-corrected chi connectivity index (χ4v) is 2.20. The summed E-state index contributed by atoms with van der Waals surface area (Å²) in [6, 6.07) is 6.97. The van der Waals surface area contributed by atoms with Gasteiger partial charge in [0.2, 0.25) is 10.0 Å². The van der Waals surface area contributed by atoms with Crippen LogP contribution < -0.4 is 15.2 Å². The van der Waals surface area contributed by atoms with E-state index < -0.39 is 10.0 Å². The third kappa shape index (κ3) is 6.13. The van der Waals surface area contributed by atoms with Gasteiger partial charge in [0.15, 0.2) is 0 Å². The summed E-state index contributed by atoms with van der Waals surface area (Å²) in [6.07, 6.45) is 0.502. The van der Waals surface area contributed by atoms with E-state index in [1.54, 1.807) is 31.2 Å². The molecule has 1 aromatic carbocycles. The van der Waals surface area contributed by atoms with Crippen LogP contribution in [0.3, 0.4) is 0 Å². The highest BCUT2D eigenvalue weighted by Gasteiger charge is 2.09. The second kappa shape index (κ2) is 7.67. The molecule has 104 valence electrons. The molecule has 0 aliphatic rings. The van der Waals surface area contributed by atoms with E-state index >= 15 is 0 Å². The van der Waals surface area contributed by atoms with E-state index in [4.69, 9.17) is 10.5 Å². The summed E-state index contributed by atoms with van der Waals surface area (Å²) >= 11 is 0. The summed E-state index contributed by atoms with van der Waals surface area (Å²) in [4.78, 5) is 0. The van der Waals surface area contributed by atoms with Crippen LogP contribution in [0.2, 0.25) is 0 Å². The number of sulfonamides is 1. The van der Waals surface area contributed by atoms with Gasteiger partial charge in [0.05, 0.1) is 11.4 Å². The Labute approximate surface area is 114 Å². The lowest BCUT2D eigenvalue weighted by Crippen LogP contribution is -2.29. The van der Waals surface area contributed by atoms with Crippen molar-refractivity contribution in [1.29, 1.82) is 0 Å². The summed E-state index contributed by atoms with van der Waals surface area (Å²) in [5.41, 5.74) is 6.17. The Hall–Kier alpha value is -1.71. The van der Waals surface area contributed by atoms with Gasteiger partial charge >= 0.3 is 0 Å². The molecular weight excluding hydrogens is 264 g/mol. The van der Waals surface area contributed by atoms with E-state index in [-0.39, 0.29) is 12.4 Å². The van der Waals surface area contributed by atoms with E-state index in [1.807, 2.05) is 0 Å². The van der Waals surface area contributed by atoms with Crippen LogP contribution in [0.25, 0.3) is 0 Å². The van der Waals surface area contributed by atoms with E-state index in [9.17, 15) is 8.42 Å². The highest BCUT2D eigenvalue weighted by Crippen LogP contribution is 2.19. The zero-order chi connectivity index (χ0) is 14.1. The summed E-state index contributed by atoms with van der Waals surface area (Å²) < 4.78 is 31.0. The number of nitrogen functional groups attached to an aromatic ring is 1. The van der Waals surface area contributed by atoms with Gasteiger partial charge in [-0.15, -0.1) is 11.8 Å². The standard InChI is InChI=1S/C13H18N2O3S/c1-2-3-6-9-15-19(16,17)11-10-18-13-8-5-4-7-12(13)14/h4-5,7-8,15H,6,9-11,14H2,1H3. The number of ether oxygens (including phenoxy) is 1. The number of benzene rings is 1. The average Bonchev–Trinajstić information content (AvgIpc) is 2.37. The topological polar surface area (TPSA) is 81.4 Å². The van der Waals surface area contributed by atoms with Crippen LogP contribution >= 0.6 is 0 Å². The van der Waals surface area contributed by atoms with Crippen molar-refractivity contribution in [3.8, 4) is 17.6 Å². The summed E-state index contributed by atoms with van der Waals surface area (Å²) in [5, 5.41) is 0. The molecule has 0 spiro atoms. The summed E-state index contributed by atoms with van der Waals surface area (Å²) in [7, 11) is -3.33. The largest absolute Gasteiger partial charge is 0.490 e. The average molecular weight is 282 g/mol. The highest BCUT2D eigenvalue weighted by molar-refractivity contribution is 7.89. The lowest BCUT2D eigenvalue weighted by molar-refractivity contribution is 0.342. The SMILES string of the molecule is CC#CCCNS(=O)(=O)CCOc1ccccc1N. The Morgan fingerprint density at radius 3 is 2.79 bits per heavy atom. The fraction of sp³-hybridized carbons (Fsp3) is 0.385. The molecule has 0 amide bonds. The minimum Gasteiger partial charge on any atom is -0.490 e. The van der Waals surface area contributed by atoms with Crippen LogP contribution in [0.5, 0.6) is 5.75 Å². The lowest BCUT2D eigenvalue weighted by atomic mass is 10.3. The van der Waals surface area contributed by atoms with Gasteiger partial charge in [0, 0.05) is 13.0 Å². The molecule has 0 unspecified atom stereocenters. The van der Waals surface area contributed by atoms with Gasteiger partial charge in [-0.05, 0) is 19.1 Å². The molecule has 0 aliphatic heterocycles. The molecule has 0 saturated heterocycles. The Balaban J connectivity index is 2.35. The van der Waals surface area contributed by atoms with Crippen LogP contribution in [0.4, 0.5) is 5.69 Å². The minimum absolute atomic E-state index is 0.0585. The summed E-state index contributed by atoms with van der Waals surface area (Å²) in [6.45, 7) is 2.09.